The smallest absolute Gasteiger partial charge is 0.336 e. The van der Waals surface area contributed by atoms with E-state index in [1.165, 1.54) is 47.2 Å². The second kappa shape index (κ2) is 14.2. The average Bonchev–Trinajstić information content (AvgIpc) is 3.74. The first-order valence-electron chi connectivity index (χ1n) is 12.4. The lowest BCUT2D eigenvalue weighted by Crippen LogP contribution is -2.00. The Morgan fingerprint density at radius 3 is 1.65 bits per heavy atom. The van der Waals surface area contributed by atoms with Crippen molar-refractivity contribution in [2.24, 2.45) is 0 Å². The number of benzene rings is 3. The van der Waals surface area contributed by atoms with Crippen molar-refractivity contribution < 1.29 is 34.1 Å². The van der Waals surface area contributed by atoms with Gasteiger partial charge in [-0.1, -0.05) is 0 Å². The maximum atomic E-state index is 11.3. The zero-order chi connectivity index (χ0) is 30.9. The van der Waals surface area contributed by atoms with Crippen LogP contribution in [0, 0.1) is 6.57 Å². The maximum Gasteiger partial charge on any atom is 0.336 e. The zero-order valence-electron chi connectivity index (χ0n) is 22.8. The van der Waals surface area contributed by atoms with Crippen LogP contribution >= 0.6 is 34.0 Å². The SMILES string of the molecule is COc1ccc2cc(C=O)sc2c1.O=Cc1cc2ccc(O)cc2s1.[C-]#[N+]/C(=C\c1cc2ccc(O)cc2s1)C(=O)OC. The van der Waals surface area contributed by atoms with Crippen LogP contribution in [-0.4, -0.2) is 43.0 Å². The van der Waals surface area contributed by atoms with E-state index in [4.69, 9.17) is 16.4 Å². The predicted molar refractivity (Wildman–Crippen MR) is 173 cm³/mol. The summed E-state index contributed by atoms with van der Waals surface area (Å²) in [7, 11) is 2.87. The highest BCUT2D eigenvalue weighted by molar-refractivity contribution is 7.21. The Labute approximate surface area is 258 Å². The van der Waals surface area contributed by atoms with Gasteiger partial charge in [0.1, 0.15) is 17.2 Å². The minimum atomic E-state index is -0.648. The van der Waals surface area contributed by atoms with Gasteiger partial charge in [-0.2, -0.15) is 0 Å². The zero-order valence-corrected chi connectivity index (χ0v) is 25.2. The molecule has 0 bridgehead atoms. The van der Waals surface area contributed by atoms with E-state index in [0.717, 1.165) is 58.3 Å². The summed E-state index contributed by atoms with van der Waals surface area (Å²) >= 11 is 4.26. The van der Waals surface area contributed by atoms with E-state index in [-0.39, 0.29) is 17.2 Å². The molecule has 0 saturated carbocycles. The van der Waals surface area contributed by atoms with Crippen molar-refractivity contribution in [2.45, 2.75) is 0 Å². The van der Waals surface area contributed by atoms with E-state index < -0.39 is 5.97 Å². The Morgan fingerprint density at radius 2 is 1.19 bits per heavy atom. The van der Waals surface area contributed by atoms with Crippen LogP contribution in [-0.2, 0) is 9.53 Å². The molecule has 0 atom stereocenters. The summed E-state index contributed by atoms with van der Waals surface area (Å²) in [6.07, 6.45) is 3.18. The predicted octanol–water partition coefficient (Wildman–Crippen LogP) is 8.18. The third-order valence-electron chi connectivity index (χ3n) is 5.82. The molecule has 3 aromatic carbocycles. The molecule has 0 unspecified atom stereocenters. The molecule has 11 heteroatoms. The summed E-state index contributed by atoms with van der Waals surface area (Å²) in [5.74, 6) is 0.608. The highest BCUT2D eigenvalue weighted by atomic mass is 32.1. The lowest BCUT2D eigenvalue weighted by atomic mass is 10.2. The second-order valence-electron chi connectivity index (χ2n) is 8.66. The fourth-order valence-electron chi connectivity index (χ4n) is 3.80. The van der Waals surface area contributed by atoms with Gasteiger partial charge in [-0.25, -0.2) is 4.85 Å². The standard InChI is InChI=1S/C13H9NO3S.C10H8O2S.C9H6O2S/c1-14-11(13(16)17-2)7-10-5-8-3-4-9(15)6-12(8)18-10;1-12-8-3-2-7-4-9(6-11)13-10(7)5-8;10-5-8-3-6-1-2-7(11)4-9(6)12-8/h3-7,15H,2H3;2-6H,1H3;1-5,11H/b11-7-;;. The van der Waals surface area contributed by atoms with E-state index >= 15 is 0 Å². The van der Waals surface area contributed by atoms with Crippen molar-refractivity contribution in [3.63, 3.8) is 0 Å². The summed E-state index contributed by atoms with van der Waals surface area (Å²) < 4.78 is 12.5. The van der Waals surface area contributed by atoms with Gasteiger partial charge < -0.3 is 19.7 Å². The quantitative estimate of drug-likeness (QED) is 0.0855. The molecule has 0 aliphatic heterocycles. The Bertz CT molecular complexity index is 2010. The van der Waals surface area contributed by atoms with Crippen LogP contribution in [0.15, 0.2) is 78.5 Å². The number of rotatable bonds is 5. The summed E-state index contributed by atoms with van der Waals surface area (Å²) in [5.41, 5.74) is -0.0618. The fourth-order valence-corrected chi connectivity index (χ4v) is 6.66. The summed E-state index contributed by atoms with van der Waals surface area (Å²) in [6.45, 7) is 6.93. The number of carbonyl (C=O) groups excluding carboxylic acids is 3. The number of thiophene rings is 3. The van der Waals surface area contributed by atoms with Gasteiger partial charge in [0.2, 0.25) is 0 Å². The van der Waals surface area contributed by atoms with Gasteiger partial charge in [-0.05, 0) is 95.0 Å². The van der Waals surface area contributed by atoms with Gasteiger partial charge in [-0.15, -0.1) is 34.0 Å². The Hall–Kier alpha value is -5.02. The number of methoxy groups -OCH3 is 2. The normalized spacial score (nSPS) is 10.7. The molecule has 43 heavy (non-hydrogen) atoms. The third-order valence-corrected chi connectivity index (χ3v) is 8.91. The van der Waals surface area contributed by atoms with Crippen LogP contribution in [0.3, 0.4) is 0 Å². The molecule has 8 nitrogen and oxygen atoms in total. The molecule has 6 rings (SSSR count). The summed E-state index contributed by atoms with van der Waals surface area (Å²) in [6, 6.07) is 21.4. The van der Waals surface area contributed by atoms with Crippen LogP contribution in [0.25, 0.3) is 41.2 Å². The van der Waals surface area contributed by atoms with Crippen LogP contribution in [0.1, 0.15) is 24.2 Å². The van der Waals surface area contributed by atoms with Crippen molar-refractivity contribution in [1.82, 2.24) is 0 Å². The van der Waals surface area contributed by atoms with Crippen molar-refractivity contribution in [2.75, 3.05) is 14.2 Å². The van der Waals surface area contributed by atoms with Gasteiger partial charge in [0.05, 0.1) is 30.5 Å². The van der Waals surface area contributed by atoms with E-state index in [0.29, 0.717) is 4.88 Å². The molecule has 0 radical (unpaired) electrons. The summed E-state index contributed by atoms with van der Waals surface area (Å²) in [4.78, 5) is 37.5. The van der Waals surface area contributed by atoms with E-state index in [2.05, 4.69) is 9.58 Å². The van der Waals surface area contributed by atoms with Crippen LogP contribution < -0.4 is 4.74 Å². The minimum Gasteiger partial charge on any atom is -0.508 e. The molecule has 0 aliphatic rings. The van der Waals surface area contributed by atoms with Crippen molar-refractivity contribution >= 4 is 88.9 Å². The molecule has 0 aliphatic carbocycles. The first kappa shape index (κ1) is 30.9. The van der Waals surface area contributed by atoms with Gasteiger partial charge in [0.25, 0.3) is 5.70 Å². The molecular formula is C32H23NO7S3. The third kappa shape index (κ3) is 7.84. The topological polar surface area (TPSA) is 114 Å². The fraction of sp³-hybridized carbons (Fsp3) is 0.0625. The number of fused-ring (bicyclic) bond motifs is 3. The molecular weight excluding hydrogens is 607 g/mol. The number of phenols is 2. The number of hydrogen-bond donors (Lipinski definition) is 2. The molecule has 3 heterocycles. The van der Waals surface area contributed by atoms with E-state index in [9.17, 15) is 19.5 Å². The molecule has 0 amide bonds. The average molecular weight is 630 g/mol. The molecule has 0 fully saturated rings. The number of aldehydes is 2. The highest BCUT2D eigenvalue weighted by Crippen LogP contribution is 2.31. The van der Waals surface area contributed by atoms with E-state index in [1.807, 2.05) is 36.4 Å². The number of nitrogens with zero attached hydrogens (tertiary/aromatic N) is 1. The maximum absolute atomic E-state index is 11.3. The minimum absolute atomic E-state index is 0.0618. The first-order valence-corrected chi connectivity index (χ1v) is 14.8. The van der Waals surface area contributed by atoms with E-state index in [1.54, 1.807) is 43.5 Å². The van der Waals surface area contributed by atoms with Gasteiger partial charge >= 0.3 is 5.97 Å². The number of ether oxygens (including phenoxy) is 2. The van der Waals surface area contributed by atoms with Gasteiger partial charge in [0.15, 0.2) is 12.6 Å². The molecule has 2 N–H and O–H groups in total. The number of esters is 1. The highest BCUT2D eigenvalue weighted by Gasteiger charge is 2.10. The Morgan fingerprint density at radius 1 is 0.721 bits per heavy atom. The number of hydrogen-bond acceptors (Lipinski definition) is 10. The van der Waals surface area contributed by atoms with Gasteiger partial charge in [-0.3, -0.25) is 14.4 Å². The molecule has 0 saturated heterocycles. The summed E-state index contributed by atoms with van der Waals surface area (Å²) in [5, 5.41) is 21.5. The lowest BCUT2D eigenvalue weighted by Gasteiger charge is -1.97. The Kier molecular flexibility index (Phi) is 10.2. The van der Waals surface area contributed by atoms with Crippen molar-refractivity contribution in [3.05, 3.63) is 105 Å². The number of aromatic hydroxyl groups is 2. The second-order valence-corrected chi connectivity index (χ2v) is 12.0. The van der Waals surface area contributed by atoms with Crippen LogP contribution in [0.2, 0.25) is 0 Å². The van der Waals surface area contributed by atoms with Crippen molar-refractivity contribution in [1.29, 1.82) is 0 Å². The Balaban J connectivity index is 0.000000151. The molecule has 3 aromatic heterocycles. The number of carbonyl (C=O) groups is 3. The number of phenolic OH excluding ortho intramolecular Hbond substituents is 2. The van der Waals surface area contributed by atoms with Crippen LogP contribution in [0.4, 0.5) is 0 Å². The van der Waals surface area contributed by atoms with Crippen LogP contribution in [0.5, 0.6) is 17.2 Å². The molecule has 6 aromatic rings. The molecule has 0 spiro atoms. The first-order chi connectivity index (χ1) is 20.8. The molecule has 216 valence electrons. The van der Waals surface area contributed by atoms with Crippen molar-refractivity contribution in [3.8, 4) is 17.2 Å². The monoisotopic (exact) mass is 629 g/mol. The van der Waals surface area contributed by atoms with Gasteiger partial charge in [0, 0.05) is 19.0 Å². The lowest BCUT2D eigenvalue weighted by molar-refractivity contribution is -0.135. The largest absolute Gasteiger partial charge is 0.508 e.